The lowest BCUT2D eigenvalue weighted by Crippen LogP contribution is -2.34. The molecule has 168 valence electrons. The molecule has 2 N–H and O–H groups in total. The number of rotatable bonds is 6. The number of alkyl halides is 3. The maximum atomic E-state index is 12.6. The van der Waals surface area contributed by atoms with Crippen molar-refractivity contribution in [3.8, 4) is 17.2 Å². The molecule has 2 aliphatic heterocycles. The summed E-state index contributed by atoms with van der Waals surface area (Å²) in [5, 5.41) is 4.82. The van der Waals surface area contributed by atoms with Crippen LogP contribution in [0.3, 0.4) is 0 Å². The van der Waals surface area contributed by atoms with Gasteiger partial charge in [0.15, 0.2) is 11.5 Å². The Kier molecular flexibility index (Phi) is 5.51. The van der Waals surface area contributed by atoms with Crippen molar-refractivity contribution in [1.82, 2.24) is 10.2 Å². The fourth-order valence-corrected chi connectivity index (χ4v) is 3.26. The molecule has 0 aliphatic carbocycles. The summed E-state index contributed by atoms with van der Waals surface area (Å²) in [7, 11) is 0. The first-order chi connectivity index (χ1) is 15.2. The van der Waals surface area contributed by atoms with Crippen molar-refractivity contribution in [3.05, 3.63) is 48.0 Å². The third-order valence-electron chi connectivity index (χ3n) is 4.63. The smallest absolute Gasteiger partial charge is 0.454 e. The highest BCUT2D eigenvalue weighted by Crippen LogP contribution is 2.33. The van der Waals surface area contributed by atoms with Gasteiger partial charge in [0.2, 0.25) is 12.7 Å². The van der Waals surface area contributed by atoms with Crippen LogP contribution in [-0.2, 0) is 16.1 Å². The predicted molar refractivity (Wildman–Crippen MR) is 102 cm³/mol. The van der Waals surface area contributed by atoms with Gasteiger partial charge in [-0.3, -0.25) is 14.5 Å². The zero-order chi connectivity index (χ0) is 22.9. The predicted octanol–water partition coefficient (Wildman–Crippen LogP) is 2.76. The van der Waals surface area contributed by atoms with Gasteiger partial charge in [-0.25, -0.2) is 4.79 Å². The molecule has 4 rings (SSSR count). The molecule has 4 amide bonds. The van der Waals surface area contributed by atoms with Gasteiger partial charge in [-0.2, -0.15) is 0 Å². The van der Waals surface area contributed by atoms with Crippen LogP contribution in [0.4, 0.5) is 23.7 Å². The Hall–Kier alpha value is -3.96. The highest BCUT2D eigenvalue weighted by molar-refractivity contribution is 6.06. The number of urea groups is 1. The van der Waals surface area contributed by atoms with Crippen LogP contribution < -0.4 is 24.8 Å². The van der Waals surface area contributed by atoms with Crippen LogP contribution in [0.5, 0.6) is 17.2 Å². The van der Waals surface area contributed by atoms with Crippen LogP contribution in [-0.4, -0.2) is 41.9 Å². The van der Waals surface area contributed by atoms with Crippen LogP contribution in [0.15, 0.2) is 42.5 Å². The number of hydrogen-bond acceptors (Lipinski definition) is 6. The van der Waals surface area contributed by atoms with Crippen molar-refractivity contribution >= 4 is 23.5 Å². The van der Waals surface area contributed by atoms with Gasteiger partial charge >= 0.3 is 12.4 Å². The lowest BCUT2D eigenvalue weighted by atomic mass is 10.1. The van der Waals surface area contributed by atoms with Crippen LogP contribution in [0, 0.1) is 0 Å². The maximum absolute atomic E-state index is 12.6. The van der Waals surface area contributed by atoms with E-state index in [0.717, 1.165) is 17.0 Å². The van der Waals surface area contributed by atoms with Crippen molar-refractivity contribution in [2.75, 3.05) is 12.1 Å². The summed E-state index contributed by atoms with van der Waals surface area (Å²) < 4.78 is 51.3. The fourth-order valence-electron chi connectivity index (χ4n) is 3.26. The average Bonchev–Trinajstić information content (AvgIpc) is 3.26. The minimum Gasteiger partial charge on any atom is -0.454 e. The first-order valence-electron chi connectivity index (χ1n) is 9.34. The highest BCUT2D eigenvalue weighted by atomic mass is 19.4. The molecule has 2 aliphatic rings. The maximum Gasteiger partial charge on any atom is 0.573 e. The molecule has 0 spiro atoms. The van der Waals surface area contributed by atoms with Crippen LogP contribution in [0.2, 0.25) is 0 Å². The summed E-state index contributed by atoms with van der Waals surface area (Å²) in [6, 6.07) is 7.94. The molecular weight excluding hydrogens is 435 g/mol. The Balaban J connectivity index is 1.36. The van der Waals surface area contributed by atoms with E-state index in [4.69, 9.17) is 9.47 Å². The quantitative estimate of drug-likeness (QED) is 0.655. The van der Waals surface area contributed by atoms with Gasteiger partial charge in [-0.1, -0.05) is 12.1 Å². The third-order valence-corrected chi connectivity index (χ3v) is 4.63. The van der Waals surface area contributed by atoms with Gasteiger partial charge in [0.05, 0.1) is 13.0 Å². The molecule has 2 heterocycles. The number of imide groups is 1. The number of nitrogens with one attached hydrogen (secondary N) is 2. The standard InChI is InChI=1S/C20H16F3N3O6/c21-20(22,23)32-13-3-1-2-12(7-13)24-17(27)8-14-18(28)26(19(29)25-14)9-11-4-5-15-16(6-11)31-10-30-15/h1-7,14H,8-10H2,(H,24,27)(H,25,29)/t14-/m0/s1. The largest absolute Gasteiger partial charge is 0.573 e. The second-order valence-electron chi connectivity index (χ2n) is 6.94. The second-order valence-corrected chi connectivity index (χ2v) is 6.94. The minimum atomic E-state index is -4.87. The van der Waals surface area contributed by atoms with Gasteiger partial charge in [0.1, 0.15) is 11.8 Å². The molecule has 12 heteroatoms. The molecule has 0 unspecified atom stereocenters. The Morgan fingerprint density at radius 3 is 2.72 bits per heavy atom. The first-order valence-corrected chi connectivity index (χ1v) is 9.34. The van der Waals surface area contributed by atoms with Gasteiger partial charge in [0, 0.05) is 11.8 Å². The van der Waals surface area contributed by atoms with Crippen molar-refractivity contribution in [2.45, 2.75) is 25.4 Å². The van der Waals surface area contributed by atoms with Crippen molar-refractivity contribution in [2.24, 2.45) is 0 Å². The number of ether oxygens (including phenoxy) is 3. The topological polar surface area (TPSA) is 106 Å². The fraction of sp³-hybridized carbons (Fsp3) is 0.250. The first kappa shape index (κ1) is 21.3. The number of nitrogens with zero attached hydrogens (tertiary/aromatic N) is 1. The Bertz CT molecular complexity index is 1070. The SMILES string of the molecule is O=C(C[C@@H]1NC(=O)N(Cc2ccc3c(c2)OCO3)C1=O)Nc1cccc(OC(F)(F)F)c1. The van der Waals surface area contributed by atoms with E-state index < -0.39 is 42.4 Å². The van der Waals surface area contributed by atoms with E-state index >= 15 is 0 Å². The average molecular weight is 451 g/mol. The van der Waals surface area contributed by atoms with E-state index in [0.29, 0.717) is 17.1 Å². The monoisotopic (exact) mass is 451 g/mol. The summed E-state index contributed by atoms with van der Waals surface area (Å²) in [5.41, 5.74) is 0.676. The highest BCUT2D eigenvalue weighted by Gasteiger charge is 2.39. The summed E-state index contributed by atoms with van der Waals surface area (Å²) in [5.74, 6) is -0.711. The normalized spacial score (nSPS) is 17.3. The number of benzene rings is 2. The lowest BCUT2D eigenvalue weighted by Gasteiger charge is -2.14. The number of amides is 4. The van der Waals surface area contributed by atoms with E-state index in [9.17, 15) is 27.6 Å². The molecule has 9 nitrogen and oxygen atoms in total. The van der Waals surface area contributed by atoms with E-state index in [2.05, 4.69) is 15.4 Å². The van der Waals surface area contributed by atoms with E-state index in [1.54, 1.807) is 18.2 Å². The van der Waals surface area contributed by atoms with E-state index in [1.807, 2.05) is 0 Å². The number of carbonyl (C=O) groups excluding carboxylic acids is 3. The number of halogens is 3. The van der Waals surface area contributed by atoms with Gasteiger partial charge in [-0.15, -0.1) is 13.2 Å². The van der Waals surface area contributed by atoms with Crippen LogP contribution in [0.25, 0.3) is 0 Å². The summed E-state index contributed by atoms with van der Waals surface area (Å²) in [6.45, 7) is 0.0561. The Morgan fingerprint density at radius 2 is 1.94 bits per heavy atom. The van der Waals surface area contributed by atoms with Gasteiger partial charge in [-0.05, 0) is 29.8 Å². The molecule has 1 saturated heterocycles. The zero-order valence-corrected chi connectivity index (χ0v) is 16.3. The summed E-state index contributed by atoms with van der Waals surface area (Å²) in [6.07, 6.45) is -5.27. The molecule has 1 atom stereocenters. The lowest BCUT2D eigenvalue weighted by molar-refractivity contribution is -0.274. The molecule has 2 aromatic carbocycles. The molecule has 1 fully saturated rings. The van der Waals surface area contributed by atoms with Crippen molar-refractivity contribution < 1.29 is 41.8 Å². The van der Waals surface area contributed by atoms with Crippen molar-refractivity contribution in [3.63, 3.8) is 0 Å². The molecule has 0 bridgehead atoms. The Morgan fingerprint density at radius 1 is 1.16 bits per heavy atom. The second kappa shape index (κ2) is 8.29. The molecule has 0 radical (unpaired) electrons. The molecule has 2 aromatic rings. The van der Waals surface area contributed by atoms with Crippen LogP contribution in [0.1, 0.15) is 12.0 Å². The summed E-state index contributed by atoms with van der Waals surface area (Å²) in [4.78, 5) is 38.1. The van der Waals surface area contributed by atoms with E-state index in [1.165, 1.54) is 12.1 Å². The number of anilines is 1. The molecular formula is C20H16F3N3O6. The molecule has 0 aromatic heterocycles. The van der Waals surface area contributed by atoms with Gasteiger partial charge < -0.3 is 24.8 Å². The number of carbonyl (C=O) groups is 3. The third kappa shape index (κ3) is 4.85. The number of hydrogen-bond donors (Lipinski definition) is 2. The van der Waals surface area contributed by atoms with Gasteiger partial charge in [0.25, 0.3) is 5.91 Å². The molecule has 32 heavy (non-hydrogen) atoms. The van der Waals surface area contributed by atoms with Crippen LogP contribution >= 0.6 is 0 Å². The number of fused-ring (bicyclic) bond motifs is 1. The zero-order valence-electron chi connectivity index (χ0n) is 16.3. The van der Waals surface area contributed by atoms with E-state index in [-0.39, 0.29) is 19.0 Å². The van der Waals surface area contributed by atoms with Crippen molar-refractivity contribution in [1.29, 1.82) is 0 Å². The Labute approximate surface area is 179 Å². The molecule has 0 saturated carbocycles. The minimum absolute atomic E-state index is 0.0315. The summed E-state index contributed by atoms with van der Waals surface area (Å²) >= 11 is 0.